The number of sulfonamides is 1. The number of halogens is 5. The van der Waals surface area contributed by atoms with Gasteiger partial charge < -0.3 is 15.4 Å². The van der Waals surface area contributed by atoms with E-state index in [-0.39, 0.29) is 41.6 Å². The van der Waals surface area contributed by atoms with Crippen molar-refractivity contribution in [2.45, 2.75) is 50.8 Å². The number of fused-ring (bicyclic) bond motifs is 1. The van der Waals surface area contributed by atoms with Crippen LogP contribution in [0, 0.1) is 18.6 Å². The van der Waals surface area contributed by atoms with Crippen molar-refractivity contribution in [1.29, 1.82) is 0 Å². The van der Waals surface area contributed by atoms with E-state index < -0.39 is 63.2 Å². The summed E-state index contributed by atoms with van der Waals surface area (Å²) in [5, 5.41) is 6.19. The molecule has 0 amide bonds. The predicted octanol–water partition coefficient (Wildman–Crippen LogP) is 5.36. The maximum Gasteiger partial charge on any atom is 0.274 e. The SMILES string of the molecule is Cc1cccc(CS(=O)(=O)Nc2ccc(-c3cc4cnc(N[C@@H]5CNC[C@@H](F)C5)nc4nc3OC(C)C(F)F)c(F)c2F)c1. The number of alkyl halides is 3. The number of nitrogens with one attached hydrogen (secondary N) is 3. The summed E-state index contributed by atoms with van der Waals surface area (Å²) in [7, 11) is -4.13. The summed E-state index contributed by atoms with van der Waals surface area (Å²) in [5.74, 6) is -3.79. The fourth-order valence-electron chi connectivity index (χ4n) is 4.77. The second kappa shape index (κ2) is 12.9. The average molecular weight is 637 g/mol. The van der Waals surface area contributed by atoms with E-state index in [1.165, 1.54) is 12.3 Å². The van der Waals surface area contributed by atoms with Crippen LogP contribution >= 0.6 is 0 Å². The minimum atomic E-state index is -4.13. The molecule has 1 aliphatic heterocycles. The van der Waals surface area contributed by atoms with Gasteiger partial charge in [-0.3, -0.25) is 4.72 Å². The molecule has 0 radical (unpaired) electrons. The molecule has 3 atom stereocenters. The molecule has 2 aromatic heterocycles. The van der Waals surface area contributed by atoms with Crippen molar-refractivity contribution in [1.82, 2.24) is 20.3 Å². The zero-order valence-electron chi connectivity index (χ0n) is 23.6. The van der Waals surface area contributed by atoms with Gasteiger partial charge in [0, 0.05) is 48.3 Å². The second-order valence-corrected chi connectivity index (χ2v) is 12.3. The zero-order chi connectivity index (χ0) is 31.6. The van der Waals surface area contributed by atoms with Crippen LogP contribution in [-0.2, 0) is 15.8 Å². The van der Waals surface area contributed by atoms with E-state index in [9.17, 15) is 21.6 Å². The topological polar surface area (TPSA) is 118 Å². The molecule has 9 nitrogen and oxygen atoms in total. The molecule has 2 aromatic carbocycles. The van der Waals surface area contributed by atoms with E-state index in [1.807, 2.05) is 0 Å². The van der Waals surface area contributed by atoms with Gasteiger partial charge in [0.25, 0.3) is 6.43 Å². The highest BCUT2D eigenvalue weighted by Crippen LogP contribution is 2.37. The molecule has 1 saturated heterocycles. The molecule has 3 N–H and O–H groups in total. The lowest BCUT2D eigenvalue weighted by atomic mass is 10.0. The lowest BCUT2D eigenvalue weighted by Gasteiger charge is -2.26. The number of ether oxygens (including phenoxy) is 1. The Balaban J connectivity index is 1.48. The molecule has 0 saturated carbocycles. The van der Waals surface area contributed by atoms with Crippen LogP contribution in [0.3, 0.4) is 0 Å². The van der Waals surface area contributed by atoms with E-state index >= 15 is 8.78 Å². The Bertz CT molecular complexity index is 1780. The number of aryl methyl sites for hydroxylation is 1. The van der Waals surface area contributed by atoms with Crippen LogP contribution in [0.4, 0.5) is 33.6 Å². The molecule has 44 heavy (non-hydrogen) atoms. The third-order valence-electron chi connectivity index (χ3n) is 6.89. The maximum absolute atomic E-state index is 15.5. The minimum Gasteiger partial charge on any atom is -0.468 e. The molecule has 3 heterocycles. The number of piperidine rings is 1. The maximum atomic E-state index is 15.5. The average Bonchev–Trinajstić information content (AvgIpc) is 2.95. The number of hydrogen-bond acceptors (Lipinski definition) is 8. The third-order valence-corrected chi connectivity index (χ3v) is 8.14. The number of hydrogen-bond donors (Lipinski definition) is 3. The van der Waals surface area contributed by atoms with Crippen molar-refractivity contribution in [3.05, 3.63) is 71.4 Å². The van der Waals surface area contributed by atoms with Crippen molar-refractivity contribution in [3.8, 4) is 17.0 Å². The number of rotatable bonds is 10. The first-order chi connectivity index (χ1) is 20.9. The fourth-order valence-corrected chi connectivity index (χ4v) is 5.95. The highest BCUT2D eigenvalue weighted by molar-refractivity contribution is 7.91. The molecule has 1 aliphatic rings. The smallest absolute Gasteiger partial charge is 0.274 e. The highest BCUT2D eigenvalue weighted by atomic mass is 32.2. The van der Waals surface area contributed by atoms with Crippen LogP contribution in [0.5, 0.6) is 5.88 Å². The second-order valence-electron chi connectivity index (χ2n) is 10.6. The first kappa shape index (κ1) is 31.3. The molecule has 0 spiro atoms. The Morgan fingerprint density at radius 2 is 1.86 bits per heavy atom. The summed E-state index contributed by atoms with van der Waals surface area (Å²) in [5.41, 5.74) is 0.0511. The number of benzene rings is 2. The monoisotopic (exact) mass is 636 g/mol. The lowest BCUT2D eigenvalue weighted by molar-refractivity contribution is 0.0206. The van der Waals surface area contributed by atoms with Crippen molar-refractivity contribution >= 4 is 32.7 Å². The molecule has 234 valence electrons. The number of nitrogens with zero attached hydrogens (tertiary/aromatic N) is 3. The standard InChI is InChI=1S/C29H29F5N6O3S/c1-15-4-3-5-17(8-15)14-44(41,42)40-23-7-6-21(24(31)25(23)32)22-9-18-11-36-29(37-20-10-19(30)12-35-13-20)39-27(18)38-28(22)43-16(2)26(33)34/h3-9,11,16,19-20,26,35,40H,10,12-14H2,1-2H3,(H,36,37,38,39)/t16?,19-,20-/m0/s1. The van der Waals surface area contributed by atoms with Crippen LogP contribution in [0.1, 0.15) is 24.5 Å². The van der Waals surface area contributed by atoms with Crippen LogP contribution < -0.4 is 20.1 Å². The number of aromatic nitrogens is 3. The Kier molecular flexibility index (Phi) is 9.15. The van der Waals surface area contributed by atoms with Crippen LogP contribution in [0.25, 0.3) is 22.2 Å². The molecule has 0 bridgehead atoms. The molecule has 1 unspecified atom stereocenters. The summed E-state index contributed by atoms with van der Waals surface area (Å²) in [4.78, 5) is 12.7. The summed E-state index contributed by atoms with van der Waals surface area (Å²) in [6, 6.07) is 9.82. The van der Waals surface area contributed by atoms with E-state index in [0.29, 0.717) is 12.1 Å². The van der Waals surface area contributed by atoms with Gasteiger partial charge in [-0.1, -0.05) is 29.8 Å². The predicted molar refractivity (Wildman–Crippen MR) is 156 cm³/mol. The summed E-state index contributed by atoms with van der Waals surface area (Å²) >= 11 is 0. The third kappa shape index (κ3) is 7.33. The summed E-state index contributed by atoms with van der Waals surface area (Å²) in [6.45, 7) is 3.58. The van der Waals surface area contributed by atoms with E-state index in [0.717, 1.165) is 24.6 Å². The van der Waals surface area contributed by atoms with E-state index in [4.69, 9.17) is 4.74 Å². The Morgan fingerprint density at radius 3 is 2.59 bits per heavy atom. The van der Waals surface area contributed by atoms with Crippen molar-refractivity contribution < 1.29 is 35.1 Å². The zero-order valence-corrected chi connectivity index (χ0v) is 24.4. The number of pyridine rings is 1. The summed E-state index contributed by atoms with van der Waals surface area (Å²) in [6.07, 6.45) is -4.09. The van der Waals surface area contributed by atoms with Crippen molar-refractivity contribution in [2.24, 2.45) is 0 Å². The fraction of sp³-hybridized carbons (Fsp3) is 0.345. The van der Waals surface area contributed by atoms with Crippen LogP contribution in [0.15, 0.2) is 48.7 Å². The van der Waals surface area contributed by atoms with Gasteiger partial charge in [-0.15, -0.1) is 0 Å². The van der Waals surface area contributed by atoms with E-state index in [1.54, 1.807) is 31.2 Å². The molecule has 1 fully saturated rings. The van der Waals surface area contributed by atoms with Crippen LogP contribution in [-0.4, -0.2) is 61.2 Å². The van der Waals surface area contributed by atoms with Gasteiger partial charge in [-0.25, -0.2) is 35.4 Å². The van der Waals surface area contributed by atoms with Gasteiger partial charge in [-0.2, -0.15) is 9.97 Å². The first-order valence-electron chi connectivity index (χ1n) is 13.7. The Morgan fingerprint density at radius 1 is 1.07 bits per heavy atom. The molecule has 4 aromatic rings. The first-order valence-corrected chi connectivity index (χ1v) is 15.3. The normalized spacial score (nSPS) is 17.9. The van der Waals surface area contributed by atoms with Crippen LogP contribution in [0.2, 0.25) is 0 Å². The van der Waals surface area contributed by atoms with Gasteiger partial charge in [0.2, 0.25) is 21.9 Å². The number of anilines is 2. The van der Waals surface area contributed by atoms with Gasteiger partial charge >= 0.3 is 0 Å². The largest absolute Gasteiger partial charge is 0.468 e. The van der Waals surface area contributed by atoms with Crippen molar-refractivity contribution in [2.75, 3.05) is 23.1 Å². The van der Waals surface area contributed by atoms with Gasteiger partial charge in [0.15, 0.2) is 23.4 Å². The summed E-state index contributed by atoms with van der Waals surface area (Å²) < 4.78 is 104. The molecule has 0 aliphatic carbocycles. The van der Waals surface area contributed by atoms with Gasteiger partial charge in [0.05, 0.1) is 11.4 Å². The minimum absolute atomic E-state index is 0.00434. The van der Waals surface area contributed by atoms with E-state index in [2.05, 4.69) is 30.3 Å². The van der Waals surface area contributed by atoms with Gasteiger partial charge in [-0.05, 0) is 37.6 Å². The van der Waals surface area contributed by atoms with Gasteiger partial charge in [0.1, 0.15) is 6.17 Å². The Labute approximate surface area is 250 Å². The molecular formula is C29H29F5N6O3S. The quantitative estimate of drug-likeness (QED) is 0.199. The molecule has 15 heteroatoms. The highest BCUT2D eigenvalue weighted by Gasteiger charge is 2.26. The molecular weight excluding hydrogens is 607 g/mol. The molecule has 5 rings (SSSR count). The lowest BCUT2D eigenvalue weighted by Crippen LogP contribution is -2.44. The van der Waals surface area contributed by atoms with Crippen molar-refractivity contribution in [3.63, 3.8) is 0 Å². The Hall–Kier alpha value is -4.11.